The molecule has 0 saturated carbocycles. The van der Waals surface area contributed by atoms with Crippen molar-refractivity contribution in [2.24, 2.45) is 0 Å². The third-order valence-electron chi connectivity index (χ3n) is 15.1. The number of carbonyl (C=O) groups is 2. The molecule has 0 fully saturated rings. The van der Waals surface area contributed by atoms with Gasteiger partial charge in [0.15, 0.2) is 0 Å². The Hall–Kier alpha value is -2.18. The summed E-state index contributed by atoms with van der Waals surface area (Å²) in [4.78, 5) is 24.5. The van der Waals surface area contributed by atoms with Crippen LogP contribution in [0.15, 0.2) is 48.6 Å². The van der Waals surface area contributed by atoms with E-state index in [0.717, 1.165) is 57.8 Å². The van der Waals surface area contributed by atoms with Gasteiger partial charge in [0.1, 0.15) is 0 Å². The third-order valence-corrected chi connectivity index (χ3v) is 15.1. The molecule has 0 aliphatic heterocycles. The van der Waals surface area contributed by atoms with E-state index >= 15 is 0 Å². The average Bonchev–Trinajstić information content (AvgIpc) is 3.40. The number of rotatable bonds is 61. The van der Waals surface area contributed by atoms with E-state index in [4.69, 9.17) is 4.74 Å². The minimum absolute atomic E-state index is 0.00413. The zero-order valence-corrected chi connectivity index (χ0v) is 49.6. The molecular formula is C68H127NO5. The van der Waals surface area contributed by atoms with Crippen molar-refractivity contribution in [2.45, 2.75) is 360 Å². The number of aliphatic hydroxyl groups excluding tert-OH is 2. The van der Waals surface area contributed by atoms with Crippen molar-refractivity contribution in [3.05, 3.63) is 48.6 Å². The molecule has 6 nitrogen and oxygen atoms in total. The van der Waals surface area contributed by atoms with Gasteiger partial charge in [-0.2, -0.15) is 0 Å². The Bertz CT molecular complexity index is 1240. The molecule has 74 heavy (non-hydrogen) atoms. The fraction of sp³-hybridized carbons (Fsp3) is 0.853. The fourth-order valence-electron chi connectivity index (χ4n) is 10.0. The van der Waals surface area contributed by atoms with Crippen molar-refractivity contribution in [3.8, 4) is 0 Å². The summed E-state index contributed by atoms with van der Waals surface area (Å²) < 4.78 is 5.47. The zero-order valence-electron chi connectivity index (χ0n) is 49.6. The first-order valence-electron chi connectivity index (χ1n) is 32.9. The van der Waals surface area contributed by atoms with Gasteiger partial charge >= 0.3 is 5.97 Å². The molecule has 0 aromatic heterocycles. The highest BCUT2D eigenvalue weighted by atomic mass is 16.5. The summed E-state index contributed by atoms with van der Waals surface area (Å²) in [7, 11) is 0. The molecule has 2 unspecified atom stereocenters. The summed E-state index contributed by atoms with van der Waals surface area (Å²) in [5.74, 6) is -0.0406. The van der Waals surface area contributed by atoms with Crippen molar-refractivity contribution in [1.29, 1.82) is 0 Å². The Morgan fingerprint density at radius 1 is 0.378 bits per heavy atom. The highest BCUT2D eigenvalue weighted by molar-refractivity contribution is 5.76. The Morgan fingerprint density at radius 2 is 0.689 bits per heavy atom. The second kappa shape index (κ2) is 63.4. The Morgan fingerprint density at radius 3 is 1.07 bits per heavy atom. The van der Waals surface area contributed by atoms with Crippen molar-refractivity contribution in [1.82, 2.24) is 5.32 Å². The molecular weight excluding hydrogens is 911 g/mol. The maximum Gasteiger partial charge on any atom is 0.305 e. The smallest absolute Gasteiger partial charge is 0.305 e. The Balaban J connectivity index is 3.43. The number of nitrogens with one attached hydrogen (secondary N) is 1. The molecule has 0 aliphatic carbocycles. The van der Waals surface area contributed by atoms with E-state index in [0.29, 0.717) is 25.9 Å². The van der Waals surface area contributed by atoms with Gasteiger partial charge in [-0.05, 0) is 83.5 Å². The standard InChI is InChI=1S/C68H127NO5/c1-3-5-7-9-11-13-15-17-19-33-36-40-44-48-52-56-60-66(71)65(64-70)69-67(72)61-57-53-49-45-41-37-34-31-29-27-25-23-21-20-22-24-26-28-30-32-35-39-43-47-51-55-59-63-74-68(73)62-58-54-50-46-42-38-18-16-14-12-10-8-6-4-2/h10,12,16,18,20-21,24,26,65-66,70-71H,3-9,11,13-15,17,19,22-23,25,27-64H2,1-2H3,(H,69,72)/b12-10-,18-16-,21-20-,26-24-. The van der Waals surface area contributed by atoms with Crippen LogP contribution in [-0.4, -0.2) is 47.4 Å². The van der Waals surface area contributed by atoms with Gasteiger partial charge in [-0.15, -0.1) is 0 Å². The molecule has 6 heteroatoms. The van der Waals surface area contributed by atoms with Gasteiger partial charge in [-0.25, -0.2) is 0 Å². The molecule has 0 aliphatic rings. The van der Waals surface area contributed by atoms with Crippen molar-refractivity contribution < 1.29 is 24.5 Å². The van der Waals surface area contributed by atoms with Crippen LogP contribution in [0.4, 0.5) is 0 Å². The van der Waals surface area contributed by atoms with E-state index in [-0.39, 0.29) is 18.5 Å². The van der Waals surface area contributed by atoms with Gasteiger partial charge in [0, 0.05) is 12.8 Å². The van der Waals surface area contributed by atoms with Crippen LogP contribution in [0.2, 0.25) is 0 Å². The topological polar surface area (TPSA) is 95.9 Å². The molecule has 0 aromatic rings. The minimum Gasteiger partial charge on any atom is -0.466 e. The van der Waals surface area contributed by atoms with Crippen LogP contribution in [0, 0.1) is 0 Å². The third kappa shape index (κ3) is 59.1. The lowest BCUT2D eigenvalue weighted by molar-refractivity contribution is -0.143. The van der Waals surface area contributed by atoms with Gasteiger partial charge in [-0.3, -0.25) is 9.59 Å². The van der Waals surface area contributed by atoms with Crippen molar-refractivity contribution in [3.63, 3.8) is 0 Å². The predicted molar refractivity (Wildman–Crippen MR) is 324 cm³/mol. The summed E-state index contributed by atoms with van der Waals surface area (Å²) in [5.41, 5.74) is 0. The first-order chi connectivity index (χ1) is 36.5. The normalized spacial score (nSPS) is 12.9. The molecule has 0 bridgehead atoms. The van der Waals surface area contributed by atoms with Gasteiger partial charge in [-0.1, -0.05) is 300 Å². The second-order valence-electron chi connectivity index (χ2n) is 22.4. The number of ether oxygens (including phenoxy) is 1. The van der Waals surface area contributed by atoms with E-state index in [9.17, 15) is 19.8 Å². The summed E-state index contributed by atoms with van der Waals surface area (Å²) in [5, 5.41) is 23.3. The van der Waals surface area contributed by atoms with Crippen LogP contribution in [0.3, 0.4) is 0 Å². The number of allylic oxidation sites excluding steroid dienone is 8. The van der Waals surface area contributed by atoms with E-state index in [1.165, 1.54) is 257 Å². The summed E-state index contributed by atoms with van der Waals surface area (Å²) in [6.07, 6.45) is 81.3. The molecule has 0 radical (unpaired) electrons. The zero-order chi connectivity index (χ0) is 53.6. The maximum atomic E-state index is 12.5. The lowest BCUT2D eigenvalue weighted by Crippen LogP contribution is -2.45. The van der Waals surface area contributed by atoms with Crippen LogP contribution in [0.5, 0.6) is 0 Å². The Kier molecular flexibility index (Phi) is 61.5. The molecule has 1 amide bonds. The number of amides is 1. The average molecular weight is 1040 g/mol. The maximum absolute atomic E-state index is 12.5. The number of hydrogen-bond donors (Lipinski definition) is 3. The summed E-state index contributed by atoms with van der Waals surface area (Å²) >= 11 is 0. The number of hydrogen-bond acceptors (Lipinski definition) is 5. The molecule has 0 aromatic carbocycles. The number of unbranched alkanes of at least 4 members (excludes halogenated alkanes) is 42. The van der Waals surface area contributed by atoms with Crippen LogP contribution < -0.4 is 5.32 Å². The quantitative estimate of drug-likeness (QED) is 0.0320. The fourth-order valence-corrected chi connectivity index (χ4v) is 10.0. The van der Waals surface area contributed by atoms with E-state index in [1.807, 2.05) is 0 Å². The number of aliphatic hydroxyl groups is 2. The molecule has 0 saturated heterocycles. The van der Waals surface area contributed by atoms with Crippen molar-refractivity contribution in [2.75, 3.05) is 13.2 Å². The van der Waals surface area contributed by atoms with Crippen LogP contribution in [-0.2, 0) is 14.3 Å². The van der Waals surface area contributed by atoms with E-state index < -0.39 is 12.1 Å². The molecule has 3 N–H and O–H groups in total. The largest absolute Gasteiger partial charge is 0.466 e. The number of carbonyl (C=O) groups excluding carboxylic acids is 2. The van der Waals surface area contributed by atoms with Crippen LogP contribution in [0.1, 0.15) is 348 Å². The van der Waals surface area contributed by atoms with Crippen LogP contribution >= 0.6 is 0 Å². The van der Waals surface area contributed by atoms with Gasteiger partial charge < -0.3 is 20.3 Å². The Labute approximate surface area is 461 Å². The lowest BCUT2D eigenvalue weighted by atomic mass is 10.0. The van der Waals surface area contributed by atoms with Crippen LogP contribution in [0.25, 0.3) is 0 Å². The predicted octanol–water partition coefficient (Wildman–Crippen LogP) is 20.9. The van der Waals surface area contributed by atoms with Crippen molar-refractivity contribution >= 4 is 11.9 Å². The lowest BCUT2D eigenvalue weighted by Gasteiger charge is -2.22. The molecule has 0 spiro atoms. The highest BCUT2D eigenvalue weighted by Crippen LogP contribution is 2.18. The molecule has 0 rings (SSSR count). The molecule has 2 atom stereocenters. The number of esters is 1. The van der Waals surface area contributed by atoms with Gasteiger partial charge in [0.05, 0.1) is 25.4 Å². The highest BCUT2D eigenvalue weighted by Gasteiger charge is 2.20. The summed E-state index contributed by atoms with van der Waals surface area (Å²) in [6.45, 7) is 4.92. The first kappa shape index (κ1) is 71.8. The molecule has 434 valence electrons. The summed E-state index contributed by atoms with van der Waals surface area (Å²) in [6, 6.07) is -0.545. The first-order valence-corrected chi connectivity index (χ1v) is 32.9. The van der Waals surface area contributed by atoms with E-state index in [2.05, 4.69) is 67.8 Å². The minimum atomic E-state index is -0.667. The second-order valence-corrected chi connectivity index (χ2v) is 22.4. The molecule has 0 heterocycles. The van der Waals surface area contributed by atoms with Gasteiger partial charge in [0.2, 0.25) is 5.91 Å². The van der Waals surface area contributed by atoms with Gasteiger partial charge in [0.25, 0.3) is 0 Å². The SMILES string of the molecule is CCCC/C=C\C/C=C\CCCCCCCC(=O)OCCCCCCCCCCC/C=C\C/C=C\CCCCCCCCCCCCCC(=O)NC(CO)C(O)CCCCCCCCCCCCCCCCCC. The van der Waals surface area contributed by atoms with E-state index in [1.54, 1.807) is 0 Å². The monoisotopic (exact) mass is 1040 g/mol.